The Morgan fingerprint density at radius 1 is 0.553 bits per heavy atom. The molecule has 2 fully saturated rings. The van der Waals surface area contributed by atoms with E-state index in [1.165, 1.54) is 0 Å². The summed E-state index contributed by atoms with van der Waals surface area (Å²) in [5.41, 5.74) is 3.80. The molecule has 6 rings (SSSR count). The van der Waals surface area contributed by atoms with E-state index in [1.54, 1.807) is 0 Å². The minimum Gasteiger partial charge on any atom is -0.632 e. The van der Waals surface area contributed by atoms with Gasteiger partial charge < -0.3 is 30.3 Å². The summed E-state index contributed by atoms with van der Waals surface area (Å²) in [7, 11) is 0. The first kappa shape index (κ1) is 32.6. The van der Waals surface area contributed by atoms with Gasteiger partial charge in [0.25, 0.3) is 11.8 Å². The number of carbonyl (C=O) groups is 2. The highest BCUT2D eigenvalue weighted by molar-refractivity contribution is 5.82. The lowest BCUT2D eigenvalue weighted by atomic mass is 9.98. The first-order chi connectivity index (χ1) is 22.9. The predicted octanol–water partition coefficient (Wildman–Crippen LogP) is 6.14. The molecule has 8 nitrogen and oxygen atoms in total. The number of nitrogens with zero attached hydrogens (tertiary/aromatic N) is 2. The molecule has 0 radical (unpaired) electrons. The molecule has 0 aliphatic carbocycles. The summed E-state index contributed by atoms with van der Waals surface area (Å²) in [5.74, 6) is -0.514. The van der Waals surface area contributed by atoms with Crippen molar-refractivity contribution in [3.63, 3.8) is 0 Å². The van der Waals surface area contributed by atoms with E-state index >= 15 is 0 Å². The van der Waals surface area contributed by atoms with Crippen LogP contribution in [0.25, 0.3) is 0 Å². The fourth-order valence-corrected chi connectivity index (χ4v) is 7.49. The molecule has 2 N–H and O–H groups in total. The van der Waals surface area contributed by atoms with Crippen molar-refractivity contribution in [1.82, 2.24) is 10.6 Å². The number of hydroxylamine groups is 6. The number of carbonyl (C=O) groups excluding carboxylic acids is 2. The third kappa shape index (κ3) is 7.47. The normalized spacial score (nSPS) is 24.0. The van der Waals surface area contributed by atoms with E-state index in [4.69, 9.17) is 0 Å². The lowest BCUT2D eigenvalue weighted by molar-refractivity contribution is -0.902. The maximum Gasteiger partial charge on any atom is 0.279 e. The summed E-state index contributed by atoms with van der Waals surface area (Å²) in [4.78, 5) is 27.5. The minimum atomic E-state index is -0.736. The maximum absolute atomic E-state index is 14.2. The minimum absolute atomic E-state index is 0.173. The molecule has 0 unspecified atom stereocenters. The molecule has 4 atom stereocenters. The fraction of sp³-hybridized carbons (Fsp3) is 0.333. The molecular formula is C39H44N4O4. The molecule has 2 heterocycles. The molecule has 8 heteroatoms. The Morgan fingerprint density at radius 2 is 0.851 bits per heavy atom. The van der Waals surface area contributed by atoms with Gasteiger partial charge in [0, 0.05) is 32.1 Å². The largest absolute Gasteiger partial charge is 0.632 e. The lowest BCUT2D eigenvalue weighted by Crippen LogP contribution is -2.57. The SMILES string of the molecule is O=C(NC(c1ccccc1)c1ccccc1)[C@@H]1CCC[N@@+]1([O-])CCC[N@+]1([O-])CCC[C@H]1C(=O)NC(c1ccccc1)c1ccccc1. The zero-order chi connectivity index (χ0) is 32.7. The van der Waals surface area contributed by atoms with Crippen LogP contribution >= 0.6 is 0 Å². The van der Waals surface area contributed by atoms with Crippen molar-refractivity contribution in [3.05, 3.63) is 154 Å². The van der Waals surface area contributed by atoms with Crippen LogP contribution in [0.3, 0.4) is 0 Å². The van der Waals surface area contributed by atoms with Gasteiger partial charge >= 0.3 is 0 Å². The Morgan fingerprint density at radius 3 is 1.15 bits per heavy atom. The van der Waals surface area contributed by atoms with Gasteiger partial charge in [0.15, 0.2) is 12.1 Å². The average molecular weight is 633 g/mol. The van der Waals surface area contributed by atoms with Crippen molar-refractivity contribution in [3.8, 4) is 0 Å². The van der Waals surface area contributed by atoms with Crippen LogP contribution in [-0.2, 0) is 9.59 Å². The van der Waals surface area contributed by atoms with Crippen molar-refractivity contribution < 1.29 is 18.9 Å². The van der Waals surface area contributed by atoms with Crippen LogP contribution in [0.2, 0.25) is 0 Å². The zero-order valence-corrected chi connectivity index (χ0v) is 26.7. The summed E-state index contributed by atoms with van der Waals surface area (Å²) in [5, 5.41) is 34.7. The highest BCUT2D eigenvalue weighted by Gasteiger charge is 2.43. The Kier molecular flexibility index (Phi) is 10.1. The predicted molar refractivity (Wildman–Crippen MR) is 183 cm³/mol. The van der Waals surface area contributed by atoms with Crippen LogP contribution in [0.15, 0.2) is 121 Å². The zero-order valence-electron chi connectivity index (χ0n) is 26.7. The third-order valence-corrected chi connectivity index (χ3v) is 9.95. The Hall–Kier alpha value is -4.34. The summed E-state index contributed by atoms with van der Waals surface area (Å²) >= 11 is 0. The van der Waals surface area contributed by atoms with Crippen molar-refractivity contribution in [2.75, 3.05) is 26.2 Å². The second kappa shape index (κ2) is 14.6. The van der Waals surface area contributed by atoms with E-state index in [2.05, 4.69) is 10.6 Å². The number of quaternary nitrogens is 2. The number of rotatable bonds is 12. The Bertz CT molecular complexity index is 1410. The van der Waals surface area contributed by atoms with Crippen molar-refractivity contribution >= 4 is 11.8 Å². The molecule has 47 heavy (non-hydrogen) atoms. The highest BCUT2D eigenvalue weighted by atomic mass is 16.6. The van der Waals surface area contributed by atoms with Crippen molar-refractivity contribution in [2.45, 2.75) is 56.3 Å². The van der Waals surface area contributed by atoms with Gasteiger partial charge in [-0.15, -0.1) is 0 Å². The maximum atomic E-state index is 14.2. The van der Waals surface area contributed by atoms with Crippen LogP contribution in [0, 0.1) is 10.4 Å². The number of nitrogens with one attached hydrogen (secondary N) is 2. The molecule has 244 valence electrons. The molecule has 4 aromatic rings. The van der Waals surface area contributed by atoms with Crippen LogP contribution in [0.4, 0.5) is 0 Å². The topological polar surface area (TPSA) is 104 Å². The molecule has 4 aromatic carbocycles. The highest BCUT2D eigenvalue weighted by Crippen LogP contribution is 2.32. The van der Waals surface area contributed by atoms with Crippen molar-refractivity contribution in [1.29, 1.82) is 0 Å². The number of hydrogen-bond acceptors (Lipinski definition) is 4. The van der Waals surface area contributed by atoms with E-state index in [1.807, 2.05) is 121 Å². The lowest BCUT2D eigenvalue weighted by Gasteiger charge is -2.47. The van der Waals surface area contributed by atoms with Gasteiger partial charge in [-0.2, -0.15) is 0 Å². The van der Waals surface area contributed by atoms with Gasteiger partial charge in [0.05, 0.1) is 38.3 Å². The van der Waals surface area contributed by atoms with E-state index in [9.17, 15) is 20.0 Å². The molecule has 2 amide bonds. The number of likely N-dealkylation sites (tertiary alicyclic amines) is 2. The second-order valence-electron chi connectivity index (χ2n) is 13.0. The summed E-state index contributed by atoms with van der Waals surface area (Å²) < 4.78 is -1.27. The molecule has 2 saturated heterocycles. The first-order valence-corrected chi connectivity index (χ1v) is 16.8. The molecule has 0 bridgehead atoms. The van der Waals surface area contributed by atoms with Gasteiger partial charge in [0.1, 0.15) is 0 Å². The Balaban J connectivity index is 1.11. The van der Waals surface area contributed by atoms with Gasteiger partial charge in [-0.3, -0.25) is 9.59 Å². The van der Waals surface area contributed by atoms with Gasteiger partial charge in [-0.1, -0.05) is 121 Å². The Labute approximate surface area is 277 Å². The van der Waals surface area contributed by atoms with E-state index < -0.39 is 21.4 Å². The number of amides is 2. The molecule has 0 spiro atoms. The molecule has 2 aliphatic heterocycles. The van der Waals surface area contributed by atoms with Crippen LogP contribution in [0.1, 0.15) is 66.4 Å². The smallest absolute Gasteiger partial charge is 0.279 e. The van der Waals surface area contributed by atoms with Gasteiger partial charge in [-0.25, -0.2) is 0 Å². The standard InChI is InChI=1S/C39H44N4O4/c44-38(40-36(30-16-5-1-6-17-30)31-18-7-2-8-19-31)34-24-13-26-42(34,46)28-15-29-43(47)27-14-25-35(43)39(45)41-37(32-20-9-3-10-21-32)33-22-11-4-12-23-33/h1-12,16-23,34-37H,13-15,24-29H2,(H,40,44)(H,41,45)/t34-,35-,42+,43+/m0/s1. The third-order valence-electron chi connectivity index (χ3n) is 9.95. The van der Waals surface area contributed by atoms with Crippen LogP contribution in [0.5, 0.6) is 0 Å². The van der Waals surface area contributed by atoms with Crippen LogP contribution < -0.4 is 10.6 Å². The van der Waals surface area contributed by atoms with Gasteiger partial charge in [0.2, 0.25) is 0 Å². The number of benzene rings is 4. The molecule has 0 saturated carbocycles. The van der Waals surface area contributed by atoms with E-state index in [0.717, 1.165) is 22.3 Å². The van der Waals surface area contributed by atoms with Gasteiger partial charge in [-0.05, 0) is 22.3 Å². The van der Waals surface area contributed by atoms with E-state index in [0.29, 0.717) is 45.2 Å². The average Bonchev–Trinajstić information content (AvgIpc) is 3.69. The summed E-state index contributed by atoms with van der Waals surface area (Å²) in [6.45, 7) is 1.04. The van der Waals surface area contributed by atoms with E-state index in [-0.39, 0.29) is 37.0 Å². The molecule has 2 aliphatic rings. The first-order valence-electron chi connectivity index (χ1n) is 16.8. The van der Waals surface area contributed by atoms with Crippen molar-refractivity contribution in [2.24, 2.45) is 0 Å². The summed E-state index contributed by atoms with van der Waals surface area (Å²) in [6.07, 6.45) is 2.68. The monoisotopic (exact) mass is 632 g/mol. The number of hydrogen-bond donors (Lipinski definition) is 2. The molecular weight excluding hydrogens is 588 g/mol. The summed E-state index contributed by atoms with van der Waals surface area (Å²) in [6, 6.07) is 36.9. The fourth-order valence-electron chi connectivity index (χ4n) is 7.49. The quantitative estimate of drug-likeness (QED) is 0.145. The van der Waals surface area contributed by atoms with Crippen LogP contribution in [-0.4, -0.2) is 59.4 Å². The second-order valence-corrected chi connectivity index (χ2v) is 13.0. The molecule has 0 aromatic heterocycles.